The molecule has 1 aromatic carbocycles. The molecule has 0 aliphatic rings. The van der Waals surface area contributed by atoms with Gasteiger partial charge in [0.15, 0.2) is 0 Å². The Morgan fingerprint density at radius 2 is 1.87 bits per heavy atom. The molecule has 0 saturated carbocycles. The van der Waals surface area contributed by atoms with Crippen LogP contribution >= 0.6 is 0 Å². The number of aliphatic hydroxyl groups is 1. The van der Waals surface area contributed by atoms with Crippen LogP contribution < -0.4 is 5.32 Å². The van der Waals surface area contributed by atoms with E-state index in [9.17, 15) is 5.11 Å². The zero-order valence-electron chi connectivity index (χ0n) is 9.99. The van der Waals surface area contributed by atoms with Crippen LogP contribution in [0.2, 0.25) is 0 Å². The van der Waals surface area contributed by atoms with Gasteiger partial charge in [0, 0.05) is 12.1 Å². The van der Waals surface area contributed by atoms with Crippen molar-refractivity contribution in [1.29, 1.82) is 0 Å². The summed E-state index contributed by atoms with van der Waals surface area (Å²) in [4.78, 5) is 0. The third-order valence-electron chi connectivity index (χ3n) is 2.78. The first-order valence-electron chi connectivity index (χ1n) is 5.51. The van der Waals surface area contributed by atoms with Crippen molar-refractivity contribution in [3.63, 3.8) is 0 Å². The first-order chi connectivity index (χ1) is 7.00. The maximum Gasteiger partial charge on any atom is 0.0662 e. The summed E-state index contributed by atoms with van der Waals surface area (Å²) < 4.78 is 0. The fourth-order valence-electron chi connectivity index (χ4n) is 1.57. The summed E-state index contributed by atoms with van der Waals surface area (Å²) in [7, 11) is 0. The first kappa shape index (κ1) is 12.2. The summed E-state index contributed by atoms with van der Waals surface area (Å²) in [5.41, 5.74) is 2.54. The molecule has 0 aliphatic heterocycles. The zero-order valence-corrected chi connectivity index (χ0v) is 9.99. The van der Waals surface area contributed by atoms with Gasteiger partial charge in [0.2, 0.25) is 0 Å². The fraction of sp³-hybridized carbons (Fsp3) is 0.538. The molecule has 2 heteroatoms. The Hall–Kier alpha value is -0.860. The maximum atomic E-state index is 9.41. The highest BCUT2D eigenvalue weighted by atomic mass is 16.3. The molecule has 0 fully saturated rings. The smallest absolute Gasteiger partial charge is 0.0662 e. The summed E-state index contributed by atoms with van der Waals surface area (Å²) >= 11 is 0. The zero-order chi connectivity index (χ0) is 11.4. The van der Waals surface area contributed by atoms with Crippen molar-refractivity contribution < 1.29 is 5.11 Å². The molecular formula is C13H21NO. The van der Waals surface area contributed by atoms with Crippen LogP contribution in [-0.4, -0.2) is 17.3 Å². The summed E-state index contributed by atoms with van der Waals surface area (Å²) in [6.07, 6.45) is -0.322. The lowest BCUT2D eigenvalue weighted by atomic mass is 10.0. The SMILES string of the molecule is Cc1cccc([C@H](C)NC(C)C(C)O)c1. The van der Waals surface area contributed by atoms with Gasteiger partial charge < -0.3 is 10.4 Å². The van der Waals surface area contributed by atoms with Gasteiger partial charge in [0.05, 0.1) is 6.10 Å². The van der Waals surface area contributed by atoms with Gasteiger partial charge in [-0.25, -0.2) is 0 Å². The van der Waals surface area contributed by atoms with Crippen LogP contribution in [-0.2, 0) is 0 Å². The lowest BCUT2D eigenvalue weighted by Crippen LogP contribution is -2.37. The van der Waals surface area contributed by atoms with Crippen LogP contribution in [0.15, 0.2) is 24.3 Å². The highest BCUT2D eigenvalue weighted by Crippen LogP contribution is 2.14. The van der Waals surface area contributed by atoms with E-state index in [-0.39, 0.29) is 18.2 Å². The second-order valence-electron chi connectivity index (χ2n) is 4.33. The molecule has 2 unspecified atom stereocenters. The molecule has 15 heavy (non-hydrogen) atoms. The van der Waals surface area contributed by atoms with Crippen LogP contribution in [0.4, 0.5) is 0 Å². The molecule has 2 nitrogen and oxygen atoms in total. The second-order valence-corrected chi connectivity index (χ2v) is 4.33. The summed E-state index contributed by atoms with van der Waals surface area (Å²) in [5, 5.41) is 12.8. The molecule has 0 aliphatic carbocycles. The minimum atomic E-state index is -0.322. The molecule has 84 valence electrons. The van der Waals surface area contributed by atoms with Gasteiger partial charge in [-0.3, -0.25) is 0 Å². The Kier molecular flexibility index (Phi) is 4.30. The molecule has 1 aromatic rings. The molecular weight excluding hydrogens is 186 g/mol. The number of aliphatic hydroxyl groups excluding tert-OH is 1. The largest absolute Gasteiger partial charge is 0.392 e. The minimum Gasteiger partial charge on any atom is -0.392 e. The molecule has 0 aromatic heterocycles. The van der Waals surface area contributed by atoms with Crippen molar-refractivity contribution in [3.8, 4) is 0 Å². The van der Waals surface area contributed by atoms with Crippen LogP contribution in [0.25, 0.3) is 0 Å². The predicted octanol–water partition coefficient (Wildman–Crippen LogP) is 2.41. The third-order valence-corrected chi connectivity index (χ3v) is 2.78. The van der Waals surface area contributed by atoms with Gasteiger partial charge in [-0.15, -0.1) is 0 Å². The monoisotopic (exact) mass is 207 g/mol. The lowest BCUT2D eigenvalue weighted by Gasteiger charge is -2.22. The Balaban J connectivity index is 2.64. The van der Waals surface area contributed by atoms with E-state index in [0.29, 0.717) is 0 Å². The summed E-state index contributed by atoms with van der Waals surface area (Å²) in [6, 6.07) is 8.82. The highest BCUT2D eigenvalue weighted by molar-refractivity contribution is 5.24. The van der Waals surface area contributed by atoms with Gasteiger partial charge in [-0.05, 0) is 33.3 Å². The Morgan fingerprint density at radius 3 is 2.40 bits per heavy atom. The minimum absolute atomic E-state index is 0.112. The van der Waals surface area contributed by atoms with Crippen molar-refractivity contribution >= 4 is 0 Å². The summed E-state index contributed by atoms with van der Waals surface area (Å²) in [6.45, 7) is 8.01. The molecule has 0 bridgehead atoms. The third kappa shape index (κ3) is 3.65. The van der Waals surface area contributed by atoms with E-state index >= 15 is 0 Å². The normalized spacial score (nSPS) is 17.1. The van der Waals surface area contributed by atoms with Crippen LogP contribution in [0.5, 0.6) is 0 Å². The second kappa shape index (κ2) is 5.29. The van der Waals surface area contributed by atoms with E-state index in [2.05, 4.69) is 43.4 Å². The lowest BCUT2D eigenvalue weighted by molar-refractivity contribution is 0.147. The van der Waals surface area contributed by atoms with Gasteiger partial charge >= 0.3 is 0 Å². The van der Waals surface area contributed by atoms with Crippen molar-refractivity contribution in [2.24, 2.45) is 0 Å². The van der Waals surface area contributed by atoms with Crippen LogP contribution in [0, 0.1) is 6.92 Å². The molecule has 0 saturated heterocycles. The Bertz CT molecular complexity index is 309. The number of rotatable bonds is 4. The number of hydrogen-bond donors (Lipinski definition) is 2. The molecule has 1 rings (SSSR count). The van der Waals surface area contributed by atoms with E-state index < -0.39 is 0 Å². The van der Waals surface area contributed by atoms with E-state index in [4.69, 9.17) is 0 Å². The number of aryl methyl sites for hydroxylation is 1. The average molecular weight is 207 g/mol. The number of hydrogen-bond acceptors (Lipinski definition) is 2. The molecule has 0 spiro atoms. The van der Waals surface area contributed by atoms with E-state index in [1.807, 2.05) is 6.92 Å². The Labute approximate surface area is 92.3 Å². The summed E-state index contributed by atoms with van der Waals surface area (Å²) in [5.74, 6) is 0. The molecule has 2 N–H and O–H groups in total. The Morgan fingerprint density at radius 1 is 1.20 bits per heavy atom. The van der Waals surface area contributed by atoms with Gasteiger partial charge in [-0.2, -0.15) is 0 Å². The van der Waals surface area contributed by atoms with E-state index in [1.165, 1.54) is 11.1 Å². The predicted molar refractivity (Wildman–Crippen MR) is 63.9 cm³/mol. The van der Waals surface area contributed by atoms with Crippen molar-refractivity contribution in [2.45, 2.75) is 45.9 Å². The fourth-order valence-corrected chi connectivity index (χ4v) is 1.57. The standard InChI is InChI=1S/C13H21NO/c1-9-6-5-7-13(8-9)11(3)14-10(2)12(4)15/h5-8,10-12,14-15H,1-4H3/t10?,11-,12?/m0/s1. The topological polar surface area (TPSA) is 32.3 Å². The molecule has 0 radical (unpaired) electrons. The van der Waals surface area contributed by atoms with E-state index in [1.54, 1.807) is 6.92 Å². The van der Waals surface area contributed by atoms with Crippen LogP contribution in [0.3, 0.4) is 0 Å². The van der Waals surface area contributed by atoms with Crippen molar-refractivity contribution in [1.82, 2.24) is 5.32 Å². The maximum absolute atomic E-state index is 9.41. The molecule has 3 atom stereocenters. The molecule has 0 heterocycles. The number of nitrogens with one attached hydrogen (secondary N) is 1. The van der Waals surface area contributed by atoms with E-state index in [0.717, 1.165) is 0 Å². The van der Waals surface area contributed by atoms with Gasteiger partial charge in [-0.1, -0.05) is 29.8 Å². The average Bonchev–Trinajstić information content (AvgIpc) is 2.17. The van der Waals surface area contributed by atoms with Crippen molar-refractivity contribution in [2.75, 3.05) is 0 Å². The van der Waals surface area contributed by atoms with Gasteiger partial charge in [0.25, 0.3) is 0 Å². The van der Waals surface area contributed by atoms with Crippen LogP contribution in [0.1, 0.15) is 37.9 Å². The van der Waals surface area contributed by atoms with Gasteiger partial charge in [0.1, 0.15) is 0 Å². The number of benzene rings is 1. The molecule has 0 amide bonds. The first-order valence-corrected chi connectivity index (χ1v) is 5.51. The quantitative estimate of drug-likeness (QED) is 0.794. The highest BCUT2D eigenvalue weighted by Gasteiger charge is 2.12. The van der Waals surface area contributed by atoms with Crippen molar-refractivity contribution in [3.05, 3.63) is 35.4 Å².